The smallest absolute Gasteiger partial charge is 0.155 e. The summed E-state index contributed by atoms with van der Waals surface area (Å²) in [6.45, 7) is 9.02. The molecule has 0 radical (unpaired) electrons. The Bertz CT molecular complexity index is 1340. The molecule has 1 aliphatic heterocycles. The molecule has 154 valence electrons. The van der Waals surface area contributed by atoms with Gasteiger partial charge < -0.3 is 9.47 Å². The lowest BCUT2D eigenvalue weighted by Crippen LogP contribution is -2.31. The Kier molecular flexibility index (Phi) is 4.75. The van der Waals surface area contributed by atoms with Crippen LogP contribution in [-0.4, -0.2) is 16.1 Å². The Balaban J connectivity index is 1.70. The normalized spacial score (nSPS) is 13.3. The summed E-state index contributed by atoms with van der Waals surface area (Å²) in [5.41, 5.74) is 9.42. The molecule has 0 amide bonds. The Morgan fingerprint density at radius 2 is 1.74 bits per heavy atom. The zero-order valence-electron chi connectivity index (χ0n) is 18.3. The van der Waals surface area contributed by atoms with E-state index in [0.717, 1.165) is 42.8 Å². The largest absolute Gasteiger partial charge is 0.350 e. The number of nitriles is 1. The summed E-state index contributed by atoms with van der Waals surface area (Å²) in [5.74, 6) is 0.924. The van der Waals surface area contributed by atoms with Crippen LogP contribution >= 0.6 is 0 Å². The van der Waals surface area contributed by atoms with Crippen LogP contribution in [0.5, 0.6) is 0 Å². The number of aromatic nitrogens is 2. The van der Waals surface area contributed by atoms with Crippen molar-refractivity contribution in [3.05, 3.63) is 93.8 Å². The standard InChI is InChI=1S/C27H26N4/c1-18-8-4-5-10-22(18)17-31-20(3)19(2)25-14-24(15-28)29-27(26(25)31)30-13-12-21-9-6-7-11-23(21)16-30/h4-11,14H,12-13,16-17H2,1-3H3. The predicted octanol–water partition coefficient (Wildman–Crippen LogP) is 5.44. The van der Waals surface area contributed by atoms with Crippen LogP contribution in [0.2, 0.25) is 0 Å². The first-order valence-electron chi connectivity index (χ1n) is 10.8. The van der Waals surface area contributed by atoms with Gasteiger partial charge in [0.05, 0.1) is 5.52 Å². The van der Waals surface area contributed by atoms with Gasteiger partial charge >= 0.3 is 0 Å². The molecule has 0 spiro atoms. The van der Waals surface area contributed by atoms with E-state index in [1.165, 1.54) is 33.5 Å². The fraction of sp³-hybridized carbons (Fsp3) is 0.259. The number of fused-ring (bicyclic) bond motifs is 2. The number of pyridine rings is 1. The van der Waals surface area contributed by atoms with Crippen molar-refractivity contribution in [2.45, 2.75) is 40.3 Å². The highest BCUT2D eigenvalue weighted by Crippen LogP contribution is 2.35. The minimum absolute atomic E-state index is 0.484. The molecule has 2 aromatic carbocycles. The van der Waals surface area contributed by atoms with Crippen molar-refractivity contribution in [3.63, 3.8) is 0 Å². The van der Waals surface area contributed by atoms with Gasteiger partial charge in [-0.3, -0.25) is 0 Å². The second-order valence-corrected chi connectivity index (χ2v) is 8.50. The first kappa shape index (κ1) is 19.4. The molecule has 1 aliphatic rings. The molecule has 4 heteroatoms. The lowest BCUT2D eigenvalue weighted by Gasteiger charge is -2.31. The Morgan fingerprint density at radius 1 is 1.00 bits per heavy atom. The van der Waals surface area contributed by atoms with Gasteiger partial charge in [-0.1, -0.05) is 48.5 Å². The van der Waals surface area contributed by atoms with Crippen molar-refractivity contribution in [1.82, 2.24) is 9.55 Å². The minimum Gasteiger partial charge on any atom is -0.350 e. The molecule has 0 N–H and O–H groups in total. The van der Waals surface area contributed by atoms with Crippen LogP contribution in [-0.2, 0) is 19.5 Å². The van der Waals surface area contributed by atoms with E-state index in [1.54, 1.807) is 0 Å². The average Bonchev–Trinajstić information content (AvgIpc) is 3.04. The topological polar surface area (TPSA) is 44.9 Å². The third-order valence-electron chi connectivity index (χ3n) is 6.73. The van der Waals surface area contributed by atoms with Gasteiger partial charge in [-0.05, 0) is 61.1 Å². The van der Waals surface area contributed by atoms with Crippen LogP contribution in [0, 0.1) is 32.1 Å². The van der Waals surface area contributed by atoms with E-state index in [-0.39, 0.29) is 0 Å². The summed E-state index contributed by atoms with van der Waals surface area (Å²) >= 11 is 0. The number of hydrogen-bond donors (Lipinski definition) is 0. The summed E-state index contributed by atoms with van der Waals surface area (Å²) in [6, 6.07) is 21.4. The lowest BCUT2D eigenvalue weighted by molar-refractivity contribution is 0.716. The molecule has 4 aromatic rings. The van der Waals surface area contributed by atoms with Gasteiger partial charge in [0.1, 0.15) is 11.8 Å². The maximum absolute atomic E-state index is 9.68. The Hall–Kier alpha value is -3.58. The summed E-state index contributed by atoms with van der Waals surface area (Å²) in [5, 5.41) is 10.8. The maximum atomic E-state index is 9.68. The second kappa shape index (κ2) is 7.59. The number of rotatable bonds is 3. The van der Waals surface area contributed by atoms with Gasteiger partial charge in [-0.15, -0.1) is 0 Å². The van der Waals surface area contributed by atoms with Gasteiger partial charge in [0, 0.05) is 30.7 Å². The SMILES string of the molecule is Cc1ccccc1Cn1c(C)c(C)c2cc(C#N)nc(N3CCc4ccccc4C3)c21. The first-order valence-corrected chi connectivity index (χ1v) is 10.8. The highest BCUT2D eigenvalue weighted by Gasteiger charge is 2.24. The average molecular weight is 407 g/mol. The van der Waals surface area contributed by atoms with E-state index in [9.17, 15) is 5.26 Å². The molecule has 0 aliphatic carbocycles. The molecule has 2 aromatic heterocycles. The van der Waals surface area contributed by atoms with Crippen LogP contribution in [0.4, 0.5) is 5.82 Å². The van der Waals surface area contributed by atoms with Crippen molar-refractivity contribution < 1.29 is 0 Å². The van der Waals surface area contributed by atoms with Crippen molar-refractivity contribution >= 4 is 16.7 Å². The second-order valence-electron chi connectivity index (χ2n) is 8.50. The van der Waals surface area contributed by atoms with Gasteiger partial charge in [0.15, 0.2) is 5.82 Å². The fourth-order valence-corrected chi connectivity index (χ4v) is 4.75. The molecule has 0 fully saturated rings. The van der Waals surface area contributed by atoms with Crippen LogP contribution in [0.1, 0.15) is 39.2 Å². The minimum atomic E-state index is 0.484. The Morgan fingerprint density at radius 3 is 2.52 bits per heavy atom. The predicted molar refractivity (Wildman–Crippen MR) is 125 cm³/mol. The number of anilines is 1. The first-order chi connectivity index (χ1) is 15.1. The van der Waals surface area contributed by atoms with Crippen molar-refractivity contribution in [2.24, 2.45) is 0 Å². The van der Waals surface area contributed by atoms with Crippen molar-refractivity contribution in [3.8, 4) is 6.07 Å². The van der Waals surface area contributed by atoms with Gasteiger partial charge in [-0.2, -0.15) is 5.26 Å². The molecule has 0 bridgehead atoms. The fourth-order valence-electron chi connectivity index (χ4n) is 4.75. The van der Waals surface area contributed by atoms with E-state index in [1.807, 2.05) is 6.07 Å². The van der Waals surface area contributed by atoms with Crippen LogP contribution in [0.15, 0.2) is 54.6 Å². The Labute approximate surface area is 183 Å². The molecular formula is C27H26N4. The zero-order chi connectivity index (χ0) is 21.5. The molecule has 3 heterocycles. The van der Waals surface area contributed by atoms with Crippen molar-refractivity contribution in [2.75, 3.05) is 11.4 Å². The molecular weight excluding hydrogens is 380 g/mol. The molecule has 5 rings (SSSR count). The molecule has 0 atom stereocenters. The molecule has 0 unspecified atom stereocenters. The van der Waals surface area contributed by atoms with Gasteiger partial charge in [-0.25, -0.2) is 4.98 Å². The van der Waals surface area contributed by atoms with Crippen molar-refractivity contribution in [1.29, 1.82) is 5.26 Å². The third kappa shape index (κ3) is 3.27. The number of hydrogen-bond acceptors (Lipinski definition) is 3. The number of aryl methyl sites for hydroxylation is 2. The van der Waals surface area contributed by atoms with E-state index < -0.39 is 0 Å². The monoisotopic (exact) mass is 406 g/mol. The van der Waals surface area contributed by atoms with E-state index in [0.29, 0.717) is 5.69 Å². The highest BCUT2D eigenvalue weighted by molar-refractivity contribution is 5.94. The maximum Gasteiger partial charge on any atom is 0.155 e. The molecule has 0 saturated carbocycles. The summed E-state index contributed by atoms with van der Waals surface area (Å²) in [6.07, 6.45) is 0.993. The summed E-state index contributed by atoms with van der Waals surface area (Å²) in [4.78, 5) is 7.19. The number of nitrogens with zero attached hydrogens (tertiary/aromatic N) is 4. The highest BCUT2D eigenvalue weighted by atomic mass is 15.2. The summed E-state index contributed by atoms with van der Waals surface area (Å²) < 4.78 is 2.39. The molecule has 31 heavy (non-hydrogen) atoms. The number of benzene rings is 2. The van der Waals surface area contributed by atoms with Crippen LogP contribution < -0.4 is 4.90 Å². The molecule has 4 nitrogen and oxygen atoms in total. The van der Waals surface area contributed by atoms with E-state index in [4.69, 9.17) is 4.98 Å². The summed E-state index contributed by atoms with van der Waals surface area (Å²) in [7, 11) is 0. The van der Waals surface area contributed by atoms with Gasteiger partial charge in [0.25, 0.3) is 0 Å². The molecule has 0 saturated heterocycles. The van der Waals surface area contributed by atoms with Crippen LogP contribution in [0.3, 0.4) is 0 Å². The van der Waals surface area contributed by atoms with E-state index in [2.05, 4.69) is 84.8 Å². The van der Waals surface area contributed by atoms with E-state index >= 15 is 0 Å². The van der Waals surface area contributed by atoms with Gasteiger partial charge in [0.2, 0.25) is 0 Å². The third-order valence-corrected chi connectivity index (χ3v) is 6.73. The lowest BCUT2D eigenvalue weighted by atomic mass is 10.00. The quantitative estimate of drug-likeness (QED) is 0.455. The zero-order valence-corrected chi connectivity index (χ0v) is 18.3. The van der Waals surface area contributed by atoms with Crippen LogP contribution in [0.25, 0.3) is 10.9 Å².